The van der Waals surface area contributed by atoms with E-state index in [0.29, 0.717) is 21.4 Å². The second-order valence-corrected chi connectivity index (χ2v) is 5.17. The highest BCUT2D eigenvalue weighted by Crippen LogP contribution is 2.28. The van der Waals surface area contributed by atoms with Gasteiger partial charge in [0.2, 0.25) is 5.88 Å². The van der Waals surface area contributed by atoms with E-state index in [1.54, 1.807) is 24.3 Å². The van der Waals surface area contributed by atoms with E-state index in [-0.39, 0.29) is 11.9 Å². The van der Waals surface area contributed by atoms with Gasteiger partial charge in [0.15, 0.2) is 0 Å². The molecular weight excluding hydrogens is 341 g/mol. The van der Waals surface area contributed by atoms with Crippen molar-refractivity contribution in [2.75, 3.05) is 5.32 Å². The predicted octanol–water partition coefficient (Wildman–Crippen LogP) is 4.42. The Labute approximate surface area is 141 Å². The average Bonchev–Trinajstić information content (AvgIpc) is 3.04. The Morgan fingerprint density at radius 1 is 1.09 bits per heavy atom. The van der Waals surface area contributed by atoms with Gasteiger partial charge in [-0.15, -0.1) is 0 Å². The minimum absolute atomic E-state index is 0.110. The minimum atomic E-state index is -0.395. The maximum absolute atomic E-state index is 12.1. The third-order valence-corrected chi connectivity index (χ3v) is 3.50. The summed E-state index contributed by atoms with van der Waals surface area (Å²) in [5.74, 6) is 0.300. The second kappa shape index (κ2) is 6.68. The molecular formula is C15H9Cl2N3O3. The topological polar surface area (TPSA) is 77.3 Å². The van der Waals surface area contributed by atoms with E-state index in [1.807, 2.05) is 0 Å². The van der Waals surface area contributed by atoms with E-state index >= 15 is 0 Å². The minimum Gasteiger partial charge on any atom is -0.439 e. The van der Waals surface area contributed by atoms with Crippen molar-refractivity contribution in [2.24, 2.45) is 0 Å². The molecule has 3 rings (SSSR count). The van der Waals surface area contributed by atoms with Crippen LogP contribution >= 0.6 is 23.2 Å². The van der Waals surface area contributed by atoms with Crippen molar-refractivity contribution in [2.45, 2.75) is 0 Å². The number of anilines is 1. The van der Waals surface area contributed by atoms with Gasteiger partial charge in [0.25, 0.3) is 5.91 Å². The van der Waals surface area contributed by atoms with Crippen LogP contribution in [-0.4, -0.2) is 15.9 Å². The summed E-state index contributed by atoms with van der Waals surface area (Å²) in [6.07, 6.45) is 4.25. The summed E-state index contributed by atoms with van der Waals surface area (Å²) in [6.45, 7) is 0. The molecule has 0 spiro atoms. The average molecular weight is 350 g/mol. The number of aromatic nitrogens is 2. The van der Waals surface area contributed by atoms with E-state index in [1.165, 1.54) is 24.7 Å². The molecule has 1 amide bonds. The maximum atomic E-state index is 12.1. The Bertz CT molecular complexity index is 838. The first-order valence-electron chi connectivity index (χ1n) is 6.41. The van der Waals surface area contributed by atoms with Crippen molar-refractivity contribution < 1.29 is 13.9 Å². The van der Waals surface area contributed by atoms with Gasteiger partial charge in [-0.05, 0) is 18.2 Å². The van der Waals surface area contributed by atoms with Crippen LogP contribution in [0.5, 0.6) is 11.6 Å². The lowest BCUT2D eigenvalue weighted by Crippen LogP contribution is -2.12. The van der Waals surface area contributed by atoms with Gasteiger partial charge in [0.05, 0.1) is 16.2 Å². The summed E-state index contributed by atoms with van der Waals surface area (Å²) in [6, 6.07) is 7.96. The van der Waals surface area contributed by atoms with Gasteiger partial charge in [0, 0.05) is 23.9 Å². The second-order valence-electron chi connectivity index (χ2n) is 4.35. The molecule has 3 aromatic rings. The molecule has 8 heteroatoms. The number of amides is 1. The molecule has 1 aromatic carbocycles. The Morgan fingerprint density at radius 3 is 2.70 bits per heavy atom. The van der Waals surface area contributed by atoms with E-state index < -0.39 is 5.91 Å². The zero-order valence-electron chi connectivity index (χ0n) is 11.5. The fourth-order valence-electron chi connectivity index (χ4n) is 1.72. The van der Waals surface area contributed by atoms with Crippen molar-refractivity contribution >= 4 is 35.1 Å². The lowest BCUT2D eigenvalue weighted by molar-refractivity contribution is 0.102. The summed E-state index contributed by atoms with van der Waals surface area (Å²) in [7, 11) is 0. The molecule has 0 aliphatic heterocycles. The standard InChI is InChI=1S/C15H9Cl2N3O3/c16-11-2-1-10(8-12(11)17)23-13-7-9(3-4-18-13)14(21)20-15-19-5-6-22-15/h1-8H,(H,19,20,21). The van der Waals surface area contributed by atoms with Crippen molar-refractivity contribution in [3.63, 3.8) is 0 Å². The first-order valence-corrected chi connectivity index (χ1v) is 7.17. The normalized spacial score (nSPS) is 10.3. The number of carbonyl (C=O) groups excluding carboxylic acids is 1. The number of rotatable bonds is 4. The van der Waals surface area contributed by atoms with Gasteiger partial charge in [-0.25, -0.2) is 9.97 Å². The van der Waals surface area contributed by atoms with E-state index in [0.717, 1.165) is 0 Å². The smallest absolute Gasteiger partial charge is 0.301 e. The molecule has 0 radical (unpaired) electrons. The first-order chi connectivity index (χ1) is 11.1. The summed E-state index contributed by atoms with van der Waals surface area (Å²) in [5, 5.41) is 3.29. The molecule has 2 heterocycles. The molecule has 6 nitrogen and oxygen atoms in total. The number of nitrogens with one attached hydrogen (secondary N) is 1. The Balaban J connectivity index is 1.76. The fraction of sp³-hybridized carbons (Fsp3) is 0. The molecule has 0 bridgehead atoms. The highest BCUT2D eigenvalue weighted by atomic mass is 35.5. The Hall–Kier alpha value is -2.57. The number of ether oxygens (including phenoxy) is 1. The number of carbonyl (C=O) groups is 1. The van der Waals surface area contributed by atoms with Crippen LogP contribution in [0.25, 0.3) is 0 Å². The van der Waals surface area contributed by atoms with Crippen molar-refractivity contribution in [1.29, 1.82) is 0 Å². The van der Waals surface area contributed by atoms with Crippen LogP contribution in [0.15, 0.2) is 53.4 Å². The van der Waals surface area contributed by atoms with Gasteiger partial charge in [0.1, 0.15) is 12.0 Å². The number of nitrogens with zero attached hydrogens (tertiary/aromatic N) is 2. The van der Waals surface area contributed by atoms with Crippen LogP contribution in [0, 0.1) is 0 Å². The van der Waals surface area contributed by atoms with E-state index in [4.69, 9.17) is 32.4 Å². The SMILES string of the molecule is O=C(Nc1ncco1)c1ccnc(Oc2ccc(Cl)c(Cl)c2)c1. The Kier molecular flexibility index (Phi) is 4.45. The molecule has 0 saturated carbocycles. The van der Waals surface area contributed by atoms with Crippen molar-refractivity contribution in [3.05, 3.63) is 64.6 Å². The zero-order chi connectivity index (χ0) is 16.2. The van der Waals surface area contributed by atoms with Gasteiger partial charge in [-0.3, -0.25) is 10.1 Å². The lowest BCUT2D eigenvalue weighted by atomic mass is 10.2. The molecule has 116 valence electrons. The van der Waals surface area contributed by atoms with Crippen LogP contribution in [-0.2, 0) is 0 Å². The molecule has 0 saturated heterocycles. The molecule has 0 fully saturated rings. The molecule has 1 N–H and O–H groups in total. The number of pyridine rings is 1. The van der Waals surface area contributed by atoms with E-state index in [9.17, 15) is 4.79 Å². The number of benzene rings is 1. The molecule has 0 atom stereocenters. The van der Waals surface area contributed by atoms with Gasteiger partial charge in [-0.2, -0.15) is 0 Å². The highest BCUT2D eigenvalue weighted by molar-refractivity contribution is 6.42. The van der Waals surface area contributed by atoms with Gasteiger partial charge >= 0.3 is 6.01 Å². The highest BCUT2D eigenvalue weighted by Gasteiger charge is 2.11. The van der Waals surface area contributed by atoms with Crippen molar-refractivity contribution in [3.8, 4) is 11.6 Å². The zero-order valence-corrected chi connectivity index (χ0v) is 13.0. The first kappa shape index (κ1) is 15.3. The van der Waals surface area contributed by atoms with Crippen LogP contribution in [0.1, 0.15) is 10.4 Å². The Morgan fingerprint density at radius 2 is 1.96 bits per heavy atom. The summed E-state index contributed by atoms with van der Waals surface area (Å²) < 4.78 is 10.5. The third-order valence-electron chi connectivity index (χ3n) is 2.76. The number of oxazole rings is 1. The molecule has 0 unspecified atom stereocenters. The van der Waals surface area contributed by atoms with Crippen LogP contribution in [0.4, 0.5) is 6.01 Å². The fourth-order valence-corrected chi connectivity index (χ4v) is 2.01. The molecule has 0 aliphatic rings. The molecule has 23 heavy (non-hydrogen) atoms. The van der Waals surface area contributed by atoms with Crippen LogP contribution < -0.4 is 10.1 Å². The van der Waals surface area contributed by atoms with Crippen molar-refractivity contribution in [1.82, 2.24) is 9.97 Å². The number of halogens is 2. The summed E-state index contributed by atoms with van der Waals surface area (Å²) in [4.78, 5) is 19.9. The maximum Gasteiger partial charge on any atom is 0.301 e. The third kappa shape index (κ3) is 3.80. The summed E-state index contributed by atoms with van der Waals surface area (Å²) in [5.41, 5.74) is 0.341. The summed E-state index contributed by atoms with van der Waals surface area (Å²) >= 11 is 11.8. The lowest BCUT2D eigenvalue weighted by Gasteiger charge is -2.07. The molecule has 0 aliphatic carbocycles. The number of hydrogen-bond acceptors (Lipinski definition) is 5. The predicted molar refractivity (Wildman–Crippen MR) is 85.2 cm³/mol. The monoisotopic (exact) mass is 349 g/mol. The molecule has 2 aromatic heterocycles. The van der Waals surface area contributed by atoms with Crippen LogP contribution in [0.3, 0.4) is 0 Å². The number of hydrogen-bond donors (Lipinski definition) is 1. The van der Waals surface area contributed by atoms with Gasteiger partial charge < -0.3 is 9.15 Å². The van der Waals surface area contributed by atoms with Gasteiger partial charge in [-0.1, -0.05) is 23.2 Å². The van der Waals surface area contributed by atoms with E-state index in [2.05, 4.69) is 15.3 Å². The largest absolute Gasteiger partial charge is 0.439 e. The van der Waals surface area contributed by atoms with Crippen LogP contribution in [0.2, 0.25) is 10.0 Å². The quantitative estimate of drug-likeness (QED) is 0.754.